The van der Waals surface area contributed by atoms with E-state index in [1.165, 1.54) is 6.33 Å². The molecule has 1 aromatic heterocycles. The quantitative estimate of drug-likeness (QED) is 0.651. The minimum Gasteiger partial charge on any atom is -0.355 e. The van der Waals surface area contributed by atoms with Gasteiger partial charge >= 0.3 is 0 Å². The zero-order chi connectivity index (χ0) is 10.6. The molecule has 0 amide bonds. The topological polar surface area (TPSA) is 57.8 Å². The van der Waals surface area contributed by atoms with Gasteiger partial charge in [0.2, 0.25) is 0 Å². The van der Waals surface area contributed by atoms with Crippen LogP contribution in [0.1, 0.15) is 13.3 Å². The molecule has 0 aliphatic carbocycles. The Morgan fingerprint density at radius 3 is 3.14 bits per heavy atom. The highest BCUT2D eigenvalue weighted by Gasteiger charge is 2.08. The Balaban J connectivity index is 2.93. The predicted molar refractivity (Wildman–Crippen MR) is 64.1 cm³/mol. The molecular weight excluding hydrogens is 293 g/mol. The van der Waals surface area contributed by atoms with E-state index in [2.05, 4.69) is 21.2 Å². The summed E-state index contributed by atoms with van der Waals surface area (Å²) < 4.78 is 0.527. The van der Waals surface area contributed by atoms with Crippen LogP contribution in [-0.2, 0) is 0 Å². The van der Waals surface area contributed by atoms with E-state index in [9.17, 15) is 4.79 Å². The predicted octanol–water partition coefficient (Wildman–Crippen LogP) is 1.20. The Morgan fingerprint density at radius 2 is 2.57 bits per heavy atom. The first-order valence-electron chi connectivity index (χ1n) is 4.14. The lowest BCUT2D eigenvalue weighted by Gasteiger charge is -2.11. The summed E-state index contributed by atoms with van der Waals surface area (Å²) in [5, 5.41) is 3.01. The van der Waals surface area contributed by atoms with Crippen LogP contribution in [0.25, 0.3) is 0 Å². The van der Waals surface area contributed by atoms with Gasteiger partial charge in [0.25, 0.3) is 5.56 Å². The molecule has 2 N–H and O–H groups in total. The Kier molecular flexibility index (Phi) is 3.95. The Bertz CT molecular complexity index is 407. The van der Waals surface area contributed by atoms with Gasteiger partial charge in [-0.2, -0.15) is 0 Å². The summed E-state index contributed by atoms with van der Waals surface area (Å²) in [6.07, 6.45) is 7.44. The smallest absolute Gasteiger partial charge is 0.266 e. The molecule has 0 aliphatic heterocycles. The fourth-order valence-electron chi connectivity index (χ4n) is 0.910. The largest absolute Gasteiger partial charge is 0.355 e. The molecule has 0 bridgehead atoms. The van der Waals surface area contributed by atoms with Crippen molar-refractivity contribution in [2.24, 2.45) is 0 Å². The van der Waals surface area contributed by atoms with Gasteiger partial charge in [0, 0.05) is 0 Å². The second-order valence-electron chi connectivity index (χ2n) is 2.67. The number of halogens is 1. The number of hydrogen-bond donors (Lipinski definition) is 2. The summed E-state index contributed by atoms with van der Waals surface area (Å²) in [4.78, 5) is 17.7. The third-order valence-electron chi connectivity index (χ3n) is 1.72. The molecule has 1 aromatic rings. The van der Waals surface area contributed by atoms with Crippen LogP contribution in [0.15, 0.2) is 11.1 Å². The molecule has 1 heterocycles. The highest BCUT2D eigenvalue weighted by molar-refractivity contribution is 14.1. The number of terminal acetylenes is 1. The molecule has 0 radical (unpaired) electrons. The van der Waals surface area contributed by atoms with Gasteiger partial charge in [-0.1, -0.05) is 12.8 Å². The molecule has 14 heavy (non-hydrogen) atoms. The van der Waals surface area contributed by atoms with E-state index in [4.69, 9.17) is 6.42 Å². The van der Waals surface area contributed by atoms with Crippen molar-refractivity contribution >= 4 is 28.4 Å². The number of nitrogens with zero attached hydrogens (tertiary/aromatic N) is 1. The summed E-state index contributed by atoms with van der Waals surface area (Å²) >= 11 is 1.93. The van der Waals surface area contributed by atoms with Crippen molar-refractivity contribution in [3.63, 3.8) is 0 Å². The van der Waals surface area contributed by atoms with Crippen molar-refractivity contribution < 1.29 is 0 Å². The zero-order valence-corrected chi connectivity index (χ0v) is 9.83. The molecule has 0 saturated carbocycles. The molecule has 0 aromatic carbocycles. The van der Waals surface area contributed by atoms with Crippen molar-refractivity contribution in [2.75, 3.05) is 5.32 Å². The molecule has 0 aliphatic rings. The first-order valence-corrected chi connectivity index (χ1v) is 5.22. The van der Waals surface area contributed by atoms with Crippen LogP contribution >= 0.6 is 22.6 Å². The molecule has 1 atom stereocenters. The maximum absolute atomic E-state index is 11.2. The lowest BCUT2D eigenvalue weighted by atomic mass is 10.2. The van der Waals surface area contributed by atoms with E-state index in [0.717, 1.165) is 6.42 Å². The average Bonchev–Trinajstić information content (AvgIpc) is 2.20. The van der Waals surface area contributed by atoms with Crippen LogP contribution in [-0.4, -0.2) is 16.0 Å². The first-order chi connectivity index (χ1) is 6.69. The van der Waals surface area contributed by atoms with Gasteiger partial charge in [0.15, 0.2) is 0 Å². The van der Waals surface area contributed by atoms with E-state index in [-0.39, 0.29) is 11.6 Å². The monoisotopic (exact) mass is 303 g/mol. The maximum atomic E-state index is 11.2. The molecule has 74 valence electrons. The van der Waals surface area contributed by atoms with Crippen molar-refractivity contribution in [1.29, 1.82) is 0 Å². The van der Waals surface area contributed by atoms with Crippen molar-refractivity contribution in [3.05, 3.63) is 20.3 Å². The maximum Gasteiger partial charge on any atom is 0.266 e. The van der Waals surface area contributed by atoms with Crippen LogP contribution in [0.5, 0.6) is 0 Å². The van der Waals surface area contributed by atoms with Crippen molar-refractivity contribution in [2.45, 2.75) is 19.4 Å². The fraction of sp³-hybridized carbons (Fsp3) is 0.333. The Morgan fingerprint density at radius 1 is 1.86 bits per heavy atom. The van der Waals surface area contributed by atoms with Crippen LogP contribution in [0.2, 0.25) is 0 Å². The summed E-state index contributed by atoms with van der Waals surface area (Å²) in [5.41, 5.74) is -0.157. The molecule has 1 rings (SSSR count). The van der Waals surface area contributed by atoms with E-state index < -0.39 is 0 Å². The van der Waals surface area contributed by atoms with E-state index in [1.54, 1.807) is 0 Å². The highest BCUT2D eigenvalue weighted by atomic mass is 127. The standard InChI is InChI=1S/C9H10IN3O/c1-3-6(4-2)13-8-7(10)9(14)12-5-11-8/h1,5-6H,4H2,2H3,(H2,11,12,13,14). The molecule has 1 unspecified atom stereocenters. The number of rotatable bonds is 3. The van der Waals surface area contributed by atoms with Gasteiger partial charge in [-0.3, -0.25) is 4.79 Å². The first kappa shape index (κ1) is 11.0. The molecule has 0 fully saturated rings. The molecular formula is C9H10IN3O. The SMILES string of the molecule is C#CC(CC)Nc1nc[nH]c(=O)c1I. The summed E-state index contributed by atoms with van der Waals surface area (Å²) in [6.45, 7) is 1.97. The molecule has 0 spiro atoms. The molecule has 5 heteroatoms. The molecule has 0 saturated heterocycles. The Hall–Kier alpha value is -1.03. The highest BCUT2D eigenvalue weighted by Crippen LogP contribution is 2.10. The third kappa shape index (κ3) is 2.48. The van der Waals surface area contributed by atoms with Crippen LogP contribution in [0.4, 0.5) is 5.82 Å². The Labute approximate surface area is 95.7 Å². The van der Waals surface area contributed by atoms with Crippen LogP contribution < -0.4 is 10.9 Å². The van der Waals surface area contributed by atoms with Gasteiger partial charge < -0.3 is 10.3 Å². The van der Waals surface area contributed by atoms with Gasteiger partial charge in [0.05, 0.1) is 12.4 Å². The number of anilines is 1. The second kappa shape index (κ2) is 5.00. The average molecular weight is 303 g/mol. The normalized spacial score (nSPS) is 11.8. The van der Waals surface area contributed by atoms with Gasteiger partial charge in [0.1, 0.15) is 9.39 Å². The van der Waals surface area contributed by atoms with Crippen LogP contribution in [0, 0.1) is 15.9 Å². The van der Waals surface area contributed by atoms with E-state index in [0.29, 0.717) is 9.39 Å². The van der Waals surface area contributed by atoms with Crippen molar-refractivity contribution in [3.8, 4) is 12.3 Å². The van der Waals surface area contributed by atoms with E-state index in [1.807, 2.05) is 29.5 Å². The fourth-order valence-corrected chi connectivity index (χ4v) is 1.36. The van der Waals surface area contributed by atoms with Gasteiger partial charge in [-0.15, -0.1) is 6.42 Å². The number of hydrogen-bond acceptors (Lipinski definition) is 3. The minimum absolute atomic E-state index is 0.0854. The summed E-state index contributed by atoms with van der Waals surface area (Å²) in [7, 11) is 0. The number of aromatic amines is 1. The zero-order valence-electron chi connectivity index (χ0n) is 7.67. The second-order valence-corrected chi connectivity index (χ2v) is 3.74. The van der Waals surface area contributed by atoms with E-state index >= 15 is 0 Å². The summed E-state index contributed by atoms with van der Waals surface area (Å²) in [6, 6.07) is -0.0854. The van der Waals surface area contributed by atoms with Gasteiger partial charge in [-0.25, -0.2) is 4.98 Å². The number of H-pyrrole nitrogens is 1. The minimum atomic E-state index is -0.157. The lowest BCUT2D eigenvalue weighted by molar-refractivity contribution is 0.846. The molecule has 4 nitrogen and oxygen atoms in total. The number of nitrogens with one attached hydrogen (secondary N) is 2. The number of aromatic nitrogens is 2. The van der Waals surface area contributed by atoms with Crippen LogP contribution in [0.3, 0.4) is 0 Å². The van der Waals surface area contributed by atoms with Crippen molar-refractivity contribution in [1.82, 2.24) is 9.97 Å². The summed E-state index contributed by atoms with van der Waals surface area (Å²) in [5.74, 6) is 3.12. The lowest BCUT2D eigenvalue weighted by Crippen LogP contribution is -2.21. The van der Waals surface area contributed by atoms with Gasteiger partial charge in [-0.05, 0) is 29.0 Å². The third-order valence-corrected chi connectivity index (χ3v) is 2.72.